The van der Waals surface area contributed by atoms with E-state index in [-0.39, 0.29) is 42.0 Å². The lowest BCUT2D eigenvalue weighted by atomic mass is 10.0. The minimum absolute atomic E-state index is 0.00183. The van der Waals surface area contributed by atoms with Crippen molar-refractivity contribution >= 4 is 45.1 Å². The number of carbonyl (C=O) groups excluding carboxylic acids is 1. The summed E-state index contributed by atoms with van der Waals surface area (Å²) in [5, 5.41) is 10.7. The van der Waals surface area contributed by atoms with Crippen LogP contribution in [0.25, 0.3) is 21.8 Å². The van der Waals surface area contributed by atoms with Gasteiger partial charge in [-0.15, -0.1) is 0 Å². The highest BCUT2D eigenvalue weighted by Crippen LogP contribution is 2.28. The van der Waals surface area contributed by atoms with Crippen molar-refractivity contribution in [3.63, 3.8) is 0 Å². The van der Waals surface area contributed by atoms with Gasteiger partial charge in [-0.1, -0.05) is 24.3 Å². The molecule has 2 aliphatic heterocycles. The van der Waals surface area contributed by atoms with Gasteiger partial charge in [-0.25, -0.2) is 0 Å². The largest absolute Gasteiger partial charge is 0.480 e. The average molecular weight is 1040 g/mol. The fraction of sp³-hybridized carbons (Fsp3) is 0.344. The van der Waals surface area contributed by atoms with Crippen LogP contribution in [0.4, 0.5) is 11.4 Å². The maximum absolute atomic E-state index is 13.7. The maximum Gasteiger partial charge on any atom is 0.325 e. The molecule has 16 heteroatoms. The van der Waals surface area contributed by atoms with Crippen LogP contribution in [0.2, 0.25) is 0 Å². The molecule has 0 spiro atoms. The Morgan fingerprint density at radius 2 is 1.04 bits per heavy atom. The quantitative estimate of drug-likeness (QED) is 0.0915. The van der Waals surface area contributed by atoms with Crippen LogP contribution in [-0.4, -0.2) is 101 Å². The standard InChI is InChI=1S/C31H35N5O3.C30H33N5O3/c1-22-10-11-26(16-33-22)34-14-6-7-27(20-34)35(17-24-12-13-32-23(2)15-24)18-25-19-36(21-30(37)39-3)29-9-5-4-8-28(29)31(25)38;1-21-9-10-25(15-32-21)33-13-5-6-26(19-33)34(16-23-11-12-31-22(2)14-23)17-24-18-35(20-29(36)37)28-8-4-3-7-27(28)30(24)38/h4-5,8-13,15-16,19,27H,6-7,14,17-18,20-21H2,1-3H3;3-4,7-12,14-15,18,26H,5-6,13,16-17,19-20H2,1-2H3,(H,36,37)/t27-;26-/m00/s1. The Morgan fingerprint density at radius 3 is 1.45 bits per heavy atom. The Balaban J connectivity index is 0.000000188. The van der Waals surface area contributed by atoms with E-state index in [0.717, 1.165) is 103 Å². The van der Waals surface area contributed by atoms with E-state index in [1.807, 2.05) is 118 Å². The molecular weight excluding hydrogens is 969 g/mol. The van der Waals surface area contributed by atoms with Gasteiger partial charge in [-0.05, 0) is 137 Å². The van der Waals surface area contributed by atoms with Crippen LogP contribution in [0.1, 0.15) is 70.7 Å². The first-order valence-corrected chi connectivity index (χ1v) is 26.5. The summed E-state index contributed by atoms with van der Waals surface area (Å²) in [4.78, 5) is 78.3. The van der Waals surface area contributed by atoms with Gasteiger partial charge < -0.3 is 28.8 Å². The molecule has 2 atom stereocenters. The summed E-state index contributed by atoms with van der Waals surface area (Å²) >= 11 is 0. The Kier molecular flexibility index (Phi) is 17.3. The van der Waals surface area contributed by atoms with Gasteiger partial charge >= 0.3 is 11.9 Å². The molecule has 6 aromatic heterocycles. The van der Waals surface area contributed by atoms with Gasteiger partial charge in [0.1, 0.15) is 13.1 Å². The van der Waals surface area contributed by atoms with Gasteiger partial charge in [-0.3, -0.25) is 48.9 Å². The van der Waals surface area contributed by atoms with Crippen LogP contribution in [-0.2, 0) is 53.6 Å². The number of benzene rings is 2. The average Bonchev–Trinajstić information content (AvgIpc) is 3.45. The molecule has 10 rings (SSSR count). The number of piperidine rings is 2. The summed E-state index contributed by atoms with van der Waals surface area (Å²) < 4.78 is 8.44. The summed E-state index contributed by atoms with van der Waals surface area (Å²) in [6.07, 6.45) is 15.2. The van der Waals surface area contributed by atoms with Gasteiger partial charge in [0.05, 0.1) is 41.9 Å². The molecule has 2 aromatic carbocycles. The molecule has 398 valence electrons. The Hall–Kier alpha value is -8.08. The lowest BCUT2D eigenvalue weighted by Gasteiger charge is -2.40. The number of aryl methyl sites for hydroxylation is 4. The molecule has 0 bridgehead atoms. The van der Waals surface area contributed by atoms with Crippen molar-refractivity contribution < 1.29 is 19.4 Å². The number of carbonyl (C=O) groups is 2. The van der Waals surface area contributed by atoms with Crippen LogP contribution in [0, 0.1) is 27.7 Å². The topological polar surface area (TPSA) is 172 Å². The van der Waals surface area contributed by atoms with Crippen LogP contribution in [0.15, 0.2) is 144 Å². The van der Waals surface area contributed by atoms with Crippen LogP contribution >= 0.6 is 0 Å². The van der Waals surface area contributed by atoms with E-state index in [9.17, 15) is 24.3 Å². The number of esters is 1. The van der Waals surface area contributed by atoms with Gasteiger partial charge in [0, 0.05) is 134 Å². The molecule has 0 aliphatic carbocycles. The second kappa shape index (κ2) is 24.7. The van der Waals surface area contributed by atoms with E-state index in [1.165, 1.54) is 7.11 Å². The van der Waals surface area contributed by atoms with Crippen molar-refractivity contribution in [2.24, 2.45) is 0 Å². The molecular formula is C61H68N10O6. The lowest BCUT2D eigenvalue weighted by molar-refractivity contribution is -0.141. The minimum Gasteiger partial charge on any atom is -0.480 e. The number of anilines is 2. The normalized spacial score (nSPS) is 15.7. The van der Waals surface area contributed by atoms with Crippen molar-refractivity contribution in [2.45, 2.75) is 105 Å². The van der Waals surface area contributed by atoms with Crippen LogP contribution in [0.3, 0.4) is 0 Å². The molecule has 8 heterocycles. The summed E-state index contributed by atoms with van der Waals surface area (Å²) in [7, 11) is 1.38. The third kappa shape index (κ3) is 13.5. The van der Waals surface area contributed by atoms with Crippen molar-refractivity contribution in [1.29, 1.82) is 0 Å². The molecule has 2 aliphatic rings. The highest BCUT2D eigenvalue weighted by Gasteiger charge is 2.29. The second-order valence-electron chi connectivity index (χ2n) is 20.4. The fourth-order valence-corrected chi connectivity index (χ4v) is 10.9. The fourth-order valence-electron chi connectivity index (χ4n) is 10.9. The number of aromatic nitrogens is 6. The van der Waals surface area contributed by atoms with E-state index < -0.39 is 5.97 Å². The molecule has 0 amide bonds. The SMILES string of the molecule is COC(=O)Cn1cc(CN(Cc2ccnc(C)c2)[C@H]2CCCN(c3ccc(C)nc3)C2)c(=O)c2ccccc21.Cc1ccc(N2CCC[C@H](N(Cc3ccnc(C)c3)Cc3cn(CC(=O)O)c4ccccc4c3=O)C2)cn1. The Bertz CT molecular complexity index is 3470. The number of methoxy groups -OCH3 is 1. The third-order valence-electron chi connectivity index (χ3n) is 14.7. The van der Waals surface area contributed by atoms with Crippen molar-refractivity contribution in [3.05, 3.63) is 200 Å². The zero-order valence-corrected chi connectivity index (χ0v) is 44.7. The zero-order chi connectivity index (χ0) is 54.0. The Morgan fingerprint density at radius 1 is 0.584 bits per heavy atom. The number of carboxylic acids is 1. The number of rotatable bonds is 16. The van der Waals surface area contributed by atoms with Gasteiger partial charge in [0.2, 0.25) is 0 Å². The number of para-hydroxylation sites is 2. The van der Waals surface area contributed by atoms with Gasteiger partial charge in [0.25, 0.3) is 0 Å². The van der Waals surface area contributed by atoms with E-state index in [4.69, 9.17) is 4.74 Å². The highest BCUT2D eigenvalue weighted by atomic mass is 16.5. The second-order valence-corrected chi connectivity index (χ2v) is 20.4. The number of aliphatic carboxylic acids is 1. The first-order valence-electron chi connectivity index (χ1n) is 26.5. The van der Waals surface area contributed by atoms with Crippen molar-refractivity contribution in [3.8, 4) is 0 Å². The Labute approximate surface area is 449 Å². The van der Waals surface area contributed by atoms with E-state index in [2.05, 4.69) is 69.9 Å². The number of fused-ring (bicyclic) bond motifs is 2. The monoisotopic (exact) mass is 1040 g/mol. The number of ether oxygens (including phenoxy) is 1. The minimum atomic E-state index is -0.941. The van der Waals surface area contributed by atoms with E-state index in [1.54, 1.807) is 22.9 Å². The molecule has 2 fully saturated rings. The summed E-state index contributed by atoms with van der Waals surface area (Å²) in [5.74, 6) is -1.29. The zero-order valence-electron chi connectivity index (χ0n) is 44.7. The molecule has 77 heavy (non-hydrogen) atoms. The summed E-state index contributed by atoms with van der Waals surface area (Å²) in [6, 6.07) is 31.7. The molecule has 0 radical (unpaired) electrons. The molecule has 0 unspecified atom stereocenters. The molecule has 1 N–H and O–H groups in total. The summed E-state index contributed by atoms with van der Waals surface area (Å²) in [6.45, 7) is 13.7. The lowest BCUT2D eigenvalue weighted by Crippen LogP contribution is -2.48. The first-order chi connectivity index (χ1) is 37.3. The van der Waals surface area contributed by atoms with Crippen molar-refractivity contribution in [2.75, 3.05) is 43.1 Å². The molecule has 16 nitrogen and oxygen atoms in total. The number of hydrogen-bond acceptors (Lipinski definition) is 13. The third-order valence-corrected chi connectivity index (χ3v) is 14.7. The molecule has 8 aromatic rings. The van der Waals surface area contributed by atoms with E-state index >= 15 is 0 Å². The molecule has 2 saturated heterocycles. The number of pyridine rings is 6. The van der Waals surface area contributed by atoms with Crippen molar-refractivity contribution in [1.82, 2.24) is 38.9 Å². The van der Waals surface area contributed by atoms with Crippen LogP contribution < -0.4 is 20.7 Å². The molecule has 0 saturated carbocycles. The number of nitrogens with zero attached hydrogens (tertiary/aromatic N) is 10. The summed E-state index contributed by atoms with van der Waals surface area (Å²) in [5.41, 5.74) is 11.0. The smallest absolute Gasteiger partial charge is 0.325 e. The number of hydrogen-bond donors (Lipinski definition) is 1. The van der Waals surface area contributed by atoms with Gasteiger partial charge in [0.15, 0.2) is 10.9 Å². The van der Waals surface area contributed by atoms with Gasteiger partial charge in [-0.2, -0.15) is 0 Å². The van der Waals surface area contributed by atoms with E-state index in [0.29, 0.717) is 53.6 Å². The first kappa shape index (κ1) is 53.7. The van der Waals surface area contributed by atoms with Crippen LogP contribution in [0.5, 0.6) is 0 Å². The predicted octanol–water partition coefficient (Wildman–Crippen LogP) is 8.42. The predicted molar refractivity (Wildman–Crippen MR) is 301 cm³/mol. The highest BCUT2D eigenvalue weighted by molar-refractivity contribution is 5.82. The maximum atomic E-state index is 13.7. The number of carboxylic acid groups (broad SMARTS) is 1.